The molecule has 0 radical (unpaired) electrons. The van der Waals surface area contributed by atoms with Crippen molar-refractivity contribution in [3.05, 3.63) is 344 Å². The summed E-state index contributed by atoms with van der Waals surface area (Å²) in [7, 11) is 0. The van der Waals surface area contributed by atoms with Gasteiger partial charge in [0.25, 0.3) is 13.4 Å². The fraction of sp³-hybridized carbons (Fsp3) is 0.111. The molecule has 0 atom stereocenters. The zero-order valence-corrected chi connectivity index (χ0v) is 67.3. The monoisotopic (exact) mass is 1520 g/mol. The first-order chi connectivity index (χ1) is 57.5. The zero-order chi connectivity index (χ0) is 79.1. The first kappa shape index (κ1) is 68.5. The van der Waals surface area contributed by atoms with Gasteiger partial charge in [0.15, 0.2) is 16.7 Å². The van der Waals surface area contributed by atoms with Gasteiger partial charge in [0.1, 0.15) is 16.7 Å². The minimum absolute atomic E-state index is 0.230. The Morgan fingerprint density at radius 1 is 0.237 bits per heavy atom. The molecule has 0 saturated heterocycles. The van der Waals surface area contributed by atoms with E-state index >= 15 is 0 Å². The van der Waals surface area contributed by atoms with Crippen LogP contribution in [0.2, 0.25) is 0 Å². The Hall–Kier alpha value is -14.0. The van der Waals surface area contributed by atoms with E-state index in [-0.39, 0.29) is 29.7 Å². The lowest BCUT2D eigenvalue weighted by molar-refractivity contribution is 0.590. The van der Waals surface area contributed by atoms with E-state index in [1.54, 1.807) is 0 Å². The van der Waals surface area contributed by atoms with Gasteiger partial charge in [0.05, 0.1) is 33.8 Å². The van der Waals surface area contributed by atoms with Crippen LogP contribution in [0.5, 0.6) is 0 Å². The van der Waals surface area contributed by atoms with E-state index in [1.807, 2.05) is 0 Å². The molecule has 4 aliphatic rings. The molecule has 10 heteroatoms. The van der Waals surface area contributed by atoms with Crippen LogP contribution in [0.25, 0.3) is 116 Å². The minimum Gasteiger partial charge on any atom is -0.454 e. The Balaban J connectivity index is 0.887. The first-order valence-electron chi connectivity index (χ1n) is 41.4. The summed E-state index contributed by atoms with van der Waals surface area (Å²) in [6, 6.07) is 123. The summed E-state index contributed by atoms with van der Waals surface area (Å²) in [5, 5.41) is 8.84. The van der Waals surface area contributed by atoms with Crippen LogP contribution < -0.4 is 52.4 Å². The molecular formula is C108H81B2N5O3. The lowest BCUT2D eigenvalue weighted by Crippen LogP contribution is -2.65. The van der Waals surface area contributed by atoms with Crippen LogP contribution in [0.4, 0.5) is 68.2 Å². The van der Waals surface area contributed by atoms with Crippen molar-refractivity contribution < 1.29 is 13.3 Å². The number of benzene rings is 16. The highest BCUT2D eigenvalue weighted by Crippen LogP contribution is 2.57. The van der Waals surface area contributed by atoms with Gasteiger partial charge < -0.3 is 37.4 Å². The van der Waals surface area contributed by atoms with Crippen molar-refractivity contribution in [3.63, 3.8) is 0 Å². The molecule has 0 unspecified atom stereocenters. The highest BCUT2D eigenvalue weighted by atomic mass is 16.3. The molecule has 118 heavy (non-hydrogen) atoms. The van der Waals surface area contributed by atoms with Gasteiger partial charge in [-0.2, -0.15) is 0 Å². The smallest absolute Gasteiger partial charge is 0.252 e. The zero-order valence-electron chi connectivity index (χ0n) is 67.3. The van der Waals surface area contributed by atoms with Gasteiger partial charge >= 0.3 is 0 Å². The first-order valence-corrected chi connectivity index (χ1v) is 41.4. The van der Waals surface area contributed by atoms with Gasteiger partial charge in [-0.25, -0.2) is 0 Å². The normalized spacial score (nSPS) is 13.7. The van der Waals surface area contributed by atoms with Crippen molar-refractivity contribution >= 4 is 202 Å². The Kier molecular flexibility index (Phi) is 14.4. The van der Waals surface area contributed by atoms with Crippen LogP contribution in [0, 0.1) is 0 Å². The summed E-state index contributed by atoms with van der Waals surface area (Å²) >= 11 is 0. The molecule has 8 heterocycles. The summed E-state index contributed by atoms with van der Waals surface area (Å²) in [4.78, 5) is 10.5. The molecule has 4 aliphatic heterocycles. The Bertz CT molecular complexity index is 7580. The molecule has 16 aromatic carbocycles. The topological polar surface area (TPSA) is 57.3 Å². The number of anilines is 12. The number of nitrogens with zero attached hydrogens (tertiary/aromatic N) is 5. The summed E-state index contributed by atoms with van der Waals surface area (Å²) in [6.45, 7) is 20.6. The van der Waals surface area contributed by atoms with Gasteiger partial charge in [-0.05, 0) is 174 Å². The molecule has 24 rings (SSSR count). The average molecular weight is 1520 g/mol. The quantitative estimate of drug-likeness (QED) is 0.147. The van der Waals surface area contributed by atoms with E-state index in [2.05, 4.69) is 414 Å². The van der Waals surface area contributed by atoms with Crippen LogP contribution in [-0.2, 0) is 16.2 Å². The molecule has 4 aromatic heterocycles. The van der Waals surface area contributed by atoms with Crippen molar-refractivity contribution in [2.75, 3.05) is 19.6 Å². The highest BCUT2D eigenvalue weighted by Gasteiger charge is 2.51. The number of fused-ring (bicyclic) bond motifs is 20. The second-order valence-electron chi connectivity index (χ2n) is 35.9. The van der Waals surface area contributed by atoms with Crippen molar-refractivity contribution in [2.24, 2.45) is 0 Å². The number of aromatic nitrogens is 1. The number of furan rings is 3. The predicted octanol–water partition coefficient (Wildman–Crippen LogP) is 25.9. The van der Waals surface area contributed by atoms with Crippen LogP contribution in [0.3, 0.4) is 0 Å². The molecule has 0 N–H and O–H groups in total. The van der Waals surface area contributed by atoms with Gasteiger partial charge in [-0.15, -0.1) is 0 Å². The van der Waals surface area contributed by atoms with Crippen molar-refractivity contribution in [3.8, 4) is 27.9 Å². The number of rotatable bonds is 7. The van der Waals surface area contributed by atoms with Crippen LogP contribution >= 0.6 is 0 Å². The summed E-state index contributed by atoms with van der Waals surface area (Å²) in [5.74, 6) is 0. The third kappa shape index (κ3) is 9.86. The van der Waals surface area contributed by atoms with E-state index in [1.165, 1.54) is 60.2 Å². The number of para-hydroxylation sites is 9. The van der Waals surface area contributed by atoms with E-state index in [0.717, 1.165) is 173 Å². The SMILES string of the molecule is CC(C)(C)c1ccc2c(c1)B1c3cc4c(cc3N(c3cccc5c3oc3ccccc35)c3cc(C(C)(C)C)cc(c31)N2c1cccc2c1oc1ccccc12)N(c1c(-c2ccccc2)cccc1-c1ccccc1)c1cc(C(C)(C)C)cc2c1B4c1ccc(-n3c4ccccc4c4ccccc43)cc1N2c1cccc2c1oc1ccccc12. The van der Waals surface area contributed by atoms with E-state index in [0.29, 0.717) is 0 Å². The Morgan fingerprint density at radius 3 is 1.06 bits per heavy atom. The molecule has 0 amide bonds. The standard InChI is InChI=1S/C108H81B2N5O3/c1-106(2,3)66-52-55-86-81(56-66)110-82-62-83-92(63-91(82)114(89-48-29-43-79-76-38-20-25-51-99(76)118-105(79)89)94-58-67(107(4,5)6)57-93(100(94)110)112(86)87-46-27-41-77-74-36-18-23-49-97(74)116-103(77)87)115(102-70(64-30-12-10-13-31-64)39-26-40-71(102)65-32-14-11-15-33-65)96-60-68(108(7,8)9)59-95-101(96)109(83)80-54-53-69(111-84-44-21-16-34-72(84)73-35-17-22-45-85(73)111)61-90(80)113(95)88-47-28-42-78-75-37-19-24-50-98(75)117-104(78)88/h10-63H,1-9H3. The van der Waals surface area contributed by atoms with Crippen molar-refractivity contribution in [1.82, 2.24) is 4.57 Å². The number of hydrogen-bond acceptors (Lipinski definition) is 7. The molecule has 0 fully saturated rings. The summed E-state index contributed by atoms with van der Waals surface area (Å²) in [5.41, 5.74) is 35.4. The van der Waals surface area contributed by atoms with Gasteiger partial charge in [0, 0.05) is 105 Å². The summed E-state index contributed by atoms with van der Waals surface area (Å²) < 4.78 is 24.5. The molecule has 0 aliphatic carbocycles. The van der Waals surface area contributed by atoms with E-state index in [9.17, 15) is 0 Å². The lowest BCUT2D eigenvalue weighted by atomic mass is 9.30. The van der Waals surface area contributed by atoms with E-state index < -0.39 is 0 Å². The maximum Gasteiger partial charge on any atom is 0.252 e. The Labute approximate surface area is 685 Å². The largest absolute Gasteiger partial charge is 0.454 e. The lowest BCUT2D eigenvalue weighted by Gasteiger charge is -2.48. The average Bonchev–Trinajstić information content (AvgIpc) is 0.870. The van der Waals surface area contributed by atoms with Crippen LogP contribution in [0.1, 0.15) is 79.0 Å². The highest BCUT2D eigenvalue weighted by molar-refractivity contribution is 7.03. The van der Waals surface area contributed by atoms with Crippen LogP contribution in [-0.4, -0.2) is 18.0 Å². The molecule has 8 nitrogen and oxygen atoms in total. The van der Waals surface area contributed by atoms with Crippen molar-refractivity contribution in [1.29, 1.82) is 0 Å². The Morgan fingerprint density at radius 2 is 0.602 bits per heavy atom. The molecular weight excluding hydrogens is 1440 g/mol. The molecule has 0 spiro atoms. The fourth-order valence-electron chi connectivity index (χ4n) is 20.4. The summed E-state index contributed by atoms with van der Waals surface area (Å²) in [6.07, 6.45) is 0. The molecule has 0 bridgehead atoms. The molecule has 562 valence electrons. The third-order valence-electron chi connectivity index (χ3n) is 26.0. The fourth-order valence-corrected chi connectivity index (χ4v) is 20.4. The van der Waals surface area contributed by atoms with Gasteiger partial charge in [-0.3, -0.25) is 0 Å². The van der Waals surface area contributed by atoms with Gasteiger partial charge in [0.2, 0.25) is 0 Å². The third-order valence-corrected chi connectivity index (χ3v) is 26.0. The maximum absolute atomic E-state index is 7.44. The second kappa shape index (κ2) is 24.8. The maximum atomic E-state index is 7.44. The second-order valence-corrected chi connectivity index (χ2v) is 35.9. The van der Waals surface area contributed by atoms with Crippen LogP contribution in [0.15, 0.2) is 341 Å². The molecule has 0 saturated carbocycles. The van der Waals surface area contributed by atoms with Crippen molar-refractivity contribution in [2.45, 2.75) is 78.6 Å². The van der Waals surface area contributed by atoms with Gasteiger partial charge in [-0.1, -0.05) is 293 Å². The number of hydrogen-bond donors (Lipinski definition) is 0. The van der Waals surface area contributed by atoms with E-state index in [4.69, 9.17) is 13.3 Å². The predicted molar refractivity (Wildman–Crippen MR) is 498 cm³/mol. The minimum atomic E-state index is -0.371. The molecule has 20 aromatic rings.